The van der Waals surface area contributed by atoms with E-state index in [1.807, 2.05) is 12.1 Å². The Balaban J connectivity index is 2.19. The monoisotopic (exact) mass is 270 g/mol. The zero-order valence-corrected chi connectivity index (χ0v) is 10.6. The number of alkyl halides is 1. The summed E-state index contributed by atoms with van der Waals surface area (Å²) in [5.41, 5.74) is 1.54. The first-order valence-corrected chi connectivity index (χ1v) is 6.43. The summed E-state index contributed by atoms with van der Waals surface area (Å²) in [6, 6.07) is 6.86. The van der Waals surface area contributed by atoms with Crippen molar-refractivity contribution < 1.29 is 4.39 Å². The Bertz CT molecular complexity index is 325. The molecule has 1 aliphatic rings. The molecule has 0 spiro atoms. The van der Waals surface area contributed by atoms with Gasteiger partial charge < -0.3 is 0 Å². The van der Waals surface area contributed by atoms with Crippen molar-refractivity contribution in [3.8, 4) is 0 Å². The summed E-state index contributed by atoms with van der Waals surface area (Å²) in [7, 11) is 0. The minimum absolute atomic E-state index is 0.157. The highest BCUT2D eigenvalue weighted by molar-refractivity contribution is 9.09. The van der Waals surface area contributed by atoms with E-state index in [1.165, 1.54) is 31.2 Å². The van der Waals surface area contributed by atoms with Crippen LogP contribution in [0.25, 0.3) is 0 Å². The molecule has 0 heterocycles. The molecule has 1 unspecified atom stereocenters. The van der Waals surface area contributed by atoms with Gasteiger partial charge in [0.1, 0.15) is 5.82 Å². The van der Waals surface area contributed by atoms with E-state index in [-0.39, 0.29) is 5.82 Å². The minimum atomic E-state index is -0.157. The summed E-state index contributed by atoms with van der Waals surface area (Å²) < 4.78 is 12.8. The second kappa shape index (κ2) is 4.25. The second-order valence-corrected chi connectivity index (χ2v) is 5.69. The maximum atomic E-state index is 12.8. The van der Waals surface area contributed by atoms with E-state index in [0.717, 1.165) is 0 Å². The third-order valence-corrected chi connectivity index (χ3v) is 5.15. The van der Waals surface area contributed by atoms with Crippen LogP contribution in [0.4, 0.5) is 4.39 Å². The van der Waals surface area contributed by atoms with Crippen LogP contribution in [0.15, 0.2) is 24.3 Å². The molecule has 0 aromatic heterocycles. The fourth-order valence-electron chi connectivity index (χ4n) is 2.47. The van der Waals surface area contributed by atoms with Crippen LogP contribution in [0.3, 0.4) is 0 Å². The van der Waals surface area contributed by atoms with Gasteiger partial charge in [-0.15, -0.1) is 0 Å². The van der Waals surface area contributed by atoms with Crippen molar-refractivity contribution in [2.45, 2.75) is 37.4 Å². The fraction of sp³-hybridized carbons (Fsp3) is 0.538. The van der Waals surface area contributed by atoms with Crippen LogP contribution in [0, 0.1) is 11.2 Å². The number of hydrogen-bond donors (Lipinski definition) is 0. The molecular formula is C13H16BrF. The summed E-state index contributed by atoms with van der Waals surface area (Å²) in [6.45, 7) is 2.32. The number of hydrogen-bond acceptors (Lipinski definition) is 0. The summed E-state index contributed by atoms with van der Waals surface area (Å²) in [6.07, 6.45) is 5.17. The van der Waals surface area contributed by atoms with Gasteiger partial charge in [0.15, 0.2) is 0 Å². The Morgan fingerprint density at radius 3 is 2.27 bits per heavy atom. The van der Waals surface area contributed by atoms with Gasteiger partial charge in [0, 0.05) is 4.83 Å². The fourth-order valence-corrected chi connectivity index (χ4v) is 3.23. The third-order valence-electron chi connectivity index (χ3n) is 3.52. The van der Waals surface area contributed by atoms with Gasteiger partial charge in [-0.2, -0.15) is 0 Å². The van der Waals surface area contributed by atoms with E-state index in [1.54, 1.807) is 12.1 Å². The summed E-state index contributed by atoms with van der Waals surface area (Å²) in [5, 5.41) is 0. The average molecular weight is 271 g/mol. The van der Waals surface area contributed by atoms with Gasteiger partial charge >= 0.3 is 0 Å². The highest BCUT2D eigenvalue weighted by Gasteiger charge is 2.36. The van der Waals surface area contributed by atoms with Gasteiger partial charge in [0.25, 0.3) is 0 Å². The Kier molecular flexibility index (Phi) is 3.15. The van der Waals surface area contributed by atoms with Crippen molar-refractivity contribution in [1.29, 1.82) is 0 Å². The smallest absolute Gasteiger partial charge is 0.123 e. The zero-order valence-electron chi connectivity index (χ0n) is 8.97. The van der Waals surface area contributed by atoms with E-state index in [4.69, 9.17) is 0 Å². The Labute approximate surface area is 99.0 Å². The summed E-state index contributed by atoms with van der Waals surface area (Å²) in [5.74, 6) is -0.157. The Morgan fingerprint density at radius 1 is 1.20 bits per heavy atom. The second-order valence-electron chi connectivity index (χ2n) is 4.78. The maximum absolute atomic E-state index is 12.8. The van der Waals surface area contributed by atoms with Crippen LogP contribution in [0.5, 0.6) is 0 Å². The molecule has 2 rings (SSSR count). The van der Waals surface area contributed by atoms with Crippen LogP contribution >= 0.6 is 15.9 Å². The first-order valence-electron chi connectivity index (χ1n) is 5.51. The van der Waals surface area contributed by atoms with Crippen molar-refractivity contribution >= 4 is 15.9 Å². The molecule has 0 saturated heterocycles. The van der Waals surface area contributed by atoms with Crippen molar-refractivity contribution in [1.82, 2.24) is 0 Å². The van der Waals surface area contributed by atoms with Gasteiger partial charge in [-0.05, 0) is 36.0 Å². The lowest BCUT2D eigenvalue weighted by Gasteiger charge is -2.30. The molecule has 1 atom stereocenters. The molecule has 1 aromatic rings. The van der Waals surface area contributed by atoms with E-state index < -0.39 is 0 Å². The third kappa shape index (κ3) is 2.25. The largest absolute Gasteiger partial charge is 0.207 e. The molecule has 0 radical (unpaired) electrons. The van der Waals surface area contributed by atoms with Crippen molar-refractivity contribution in [3.63, 3.8) is 0 Å². The Morgan fingerprint density at radius 2 is 1.73 bits per heavy atom. The maximum Gasteiger partial charge on any atom is 0.123 e. The van der Waals surface area contributed by atoms with Crippen LogP contribution < -0.4 is 0 Å². The predicted octanol–water partition coefficient (Wildman–Crippen LogP) is 4.84. The summed E-state index contributed by atoms with van der Waals surface area (Å²) >= 11 is 3.77. The molecule has 0 N–H and O–H groups in total. The topological polar surface area (TPSA) is 0 Å². The van der Waals surface area contributed by atoms with Crippen molar-refractivity contribution in [2.24, 2.45) is 5.41 Å². The molecule has 2 heteroatoms. The van der Waals surface area contributed by atoms with E-state index in [0.29, 0.717) is 10.2 Å². The highest BCUT2D eigenvalue weighted by Crippen LogP contribution is 2.51. The van der Waals surface area contributed by atoms with Crippen molar-refractivity contribution in [3.05, 3.63) is 35.6 Å². The van der Waals surface area contributed by atoms with E-state index >= 15 is 0 Å². The van der Waals surface area contributed by atoms with Gasteiger partial charge in [-0.3, -0.25) is 0 Å². The standard InChI is InChI=1S/C13H16BrF/c1-13(8-2-3-9-13)12(14)10-4-6-11(15)7-5-10/h4-7,12H,2-3,8-9H2,1H3. The lowest BCUT2D eigenvalue weighted by atomic mass is 9.82. The van der Waals surface area contributed by atoms with Gasteiger partial charge in [0.05, 0.1) is 0 Å². The molecule has 1 aliphatic carbocycles. The SMILES string of the molecule is CC1(C(Br)c2ccc(F)cc2)CCCC1. The van der Waals surface area contributed by atoms with Gasteiger partial charge in [-0.1, -0.05) is 47.8 Å². The molecule has 82 valence electrons. The summed E-state index contributed by atoms with van der Waals surface area (Å²) in [4.78, 5) is 0.355. The molecular weight excluding hydrogens is 255 g/mol. The molecule has 0 nitrogen and oxygen atoms in total. The molecule has 15 heavy (non-hydrogen) atoms. The van der Waals surface area contributed by atoms with Gasteiger partial charge in [-0.25, -0.2) is 4.39 Å². The van der Waals surface area contributed by atoms with Crippen LogP contribution in [0.1, 0.15) is 43.0 Å². The lowest BCUT2D eigenvalue weighted by molar-refractivity contribution is 0.331. The first kappa shape index (κ1) is 11.1. The highest BCUT2D eigenvalue weighted by atomic mass is 79.9. The van der Waals surface area contributed by atoms with E-state index in [2.05, 4.69) is 22.9 Å². The Hall–Kier alpha value is -0.370. The molecule has 0 aliphatic heterocycles. The van der Waals surface area contributed by atoms with Crippen LogP contribution in [-0.2, 0) is 0 Å². The van der Waals surface area contributed by atoms with Crippen LogP contribution in [-0.4, -0.2) is 0 Å². The zero-order chi connectivity index (χ0) is 10.9. The number of benzene rings is 1. The molecule has 1 fully saturated rings. The van der Waals surface area contributed by atoms with Gasteiger partial charge in [0.2, 0.25) is 0 Å². The van der Waals surface area contributed by atoms with E-state index in [9.17, 15) is 4.39 Å². The average Bonchev–Trinajstić information content (AvgIpc) is 2.67. The normalized spacial score (nSPS) is 21.5. The molecule has 1 saturated carbocycles. The van der Waals surface area contributed by atoms with Crippen molar-refractivity contribution in [2.75, 3.05) is 0 Å². The number of halogens is 2. The quantitative estimate of drug-likeness (QED) is 0.675. The number of rotatable bonds is 2. The molecule has 0 bridgehead atoms. The molecule has 0 amide bonds. The van der Waals surface area contributed by atoms with Crippen LogP contribution in [0.2, 0.25) is 0 Å². The minimum Gasteiger partial charge on any atom is -0.207 e. The molecule has 1 aromatic carbocycles. The first-order chi connectivity index (χ1) is 7.12. The predicted molar refractivity (Wildman–Crippen MR) is 64.6 cm³/mol. The lowest BCUT2D eigenvalue weighted by Crippen LogP contribution is -2.17.